The Bertz CT molecular complexity index is 1210. The van der Waals surface area contributed by atoms with Gasteiger partial charge in [0.15, 0.2) is 5.88 Å². The zero-order valence-electron chi connectivity index (χ0n) is 20.3. The molecule has 0 fully saturated rings. The van der Waals surface area contributed by atoms with Gasteiger partial charge in [0, 0.05) is 31.1 Å². The summed E-state index contributed by atoms with van der Waals surface area (Å²) in [5.74, 6) is -2.20. The first-order valence-corrected chi connectivity index (χ1v) is 11.8. The van der Waals surface area contributed by atoms with Crippen molar-refractivity contribution in [2.75, 3.05) is 39.3 Å². The molecule has 2 aliphatic rings. The van der Waals surface area contributed by atoms with Crippen LogP contribution in [-0.2, 0) is 14.3 Å². The normalized spacial score (nSPS) is 14.5. The number of aliphatic hydroxyl groups is 1. The Kier molecular flexibility index (Phi) is 7.61. The molecular formula is C26H28N4O7. The van der Waals surface area contributed by atoms with E-state index in [0.717, 1.165) is 32.1 Å². The first-order chi connectivity index (χ1) is 17.7. The van der Waals surface area contributed by atoms with Crippen molar-refractivity contribution in [2.24, 2.45) is 0 Å². The van der Waals surface area contributed by atoms with Crippen LogP contribution in [-0.4, -0.2) is 83.3 Å². The summed E-state index contributed by atoms with van der Waals surface area (Å²) in [4.78, 5) is 50.6. The number of aliphatic carboxylic acids is 1. The van der Waals surface area contributed by atoms with Gasteiger partial charge in [-0.25, -0.2) is 9.59 Å². The number of nitrogens with one attached hydrogen (secondary N) is 2. The second kappa shape index (κ2) is 11.0. The number of benzene rings is 2. The van der Waals surface area contributed by atoms with Gasteiger partial charge >= 0.3 is 18.1 Å². The molecule has 4 amide bonds. The highest BCUT2D eigenvalue weighted by Crippen LogP contribution is 2.44. The highest BCUT2D eigenvalue weighted by molar-refractivity contribution is 5.87. The lowest BCUT2D eigenvalue weighted by molar-refractivity contribution is -0.144. The summed E-state index contributed by atoms with van der Waals surface area (Å²) in [5, 5.41) is 23.6. The number of aliphatic hydroxyl groups excluding tert-OH is 1. The molecule has 4 N–H and O–H groups in total. The topological polar surface area (TPSA) is 149 Å². The SMILES string of the molecule is CC1=C(O)NC(=O)N(CC(=O)N(CCNC(=O)OCC2c3ccccc3-c3ccccc32)CC(=O)O)C1. The number of fused-ring (bicyclic) bond motifs is 3. The average Bonchev–Trinajstić information content (AvgIpc) is 3.19. The molecule has 1 heterocycles. The molecule has 0 saturated carbocycles. The third-order valence-corrected chi connectivity index (χ3v) is 6.34. The summed E-state index contributed by atoms with van der Waals surface area (Å²) in [5.41, 5.74) is 4.84. The number of alkyl carbamates (subject to hydrolysis) is 1. The second-order valence-electron chi connectivity index (χ2n) is 8.88. The number of hydrogen-bond donors (Lipinski definition) is 4. The molecule has 0 unspecified atom stereocenters. The Morgan fingerprint density at radius 1 is 1.11 bits per heavy atom. The smallest absolute Gasteiger partial charge is 0.407 e. The van der Waals surface area contributed by atoms with Crippen LogP contribution in [0.15, 0.2) is 60.0 Å². The predicted molar refractivity (Wildman–Crippen MR) is 133 cm³/mol. The first-order valence-electron chi connectivity index (χ1n) is 11.8. The van der Waals surface area contributed by atoms with Crippen molar-refractivity contribution in [3.8, 4) is 11.1 Å². The molecule has 11 heteroatoms. The Morgan fingerprint density at radius 2 is 1.73 bits per heavy atom. The Labute approximate surface area is 213 Å². The van der Waals surface area contributed by atoms with E-state index in [1.54, 1.807) is 6.92 Å². The number of rotatable bonds is 9. The third kappa shape index (κ3) is 5.83. The van der Waals surface area contributed by atoms with Gasteiger partial charge < -0.3 is 30.1 Å². The molecule has 2 aromatic carbocycles. The molecule has 1 aliphatic heterocycles. The zero-order valence-corrected chi connectivity index (χ0v) is 20.3. The zero-order chi connectivity index (χ0) is 26.5. The lowest BCUT2D eigenvalue weighted by Crippen LogP contribution is -2.51. The molecule has 0 atom stereocenters. The molecule has 0 bridgehead atoms. The van der Waals surface area contributed by atoms with E-state index in [2.05, 4.69) is 10.6 Å². The molecule has 194 valence electrons. The number of urea groups is 1. The van der Waals surface area contributed by atoms with Crippen LogP contribution in [0.1, 0.15) is 24.0 Å². The molecule has 4 rings (SSSR count). The maximum Gasteiger partial charge on any atom is 0.407 e. The van der Waals surface area contributed by atoms with Crippen LogP contribution in [0.5, 0.6) is 0 Å². The molecule has 2 aromatic rings. The van der Waals surface area contributed by atoms with Crippen LogP contribution in [0.3, 0.4) is 0 Å². The molecule has 1 aliphatic carbocycles. The van der Waals surface area contributed by atoms with Gasteiger partial charge in [-0.2, -0.15) is 0 Å². The number of carbonyl (C=O) groups is 4. The summed E-state index contributed by atoms with van der Waals surface area (Å²) >= 11 is 0. The fraction of sp³-hybridized carbons (Fsp3) is 0.308. The molecule has 11 nitrogen and oxygen atoms in total. The summed E-state index contributed by atoms with van der Waals surface area (Å²) in [7, 11) is 0. The van der Waals surface area contributed by atoms with Crippen molar-refractivity contribution in [1.29, 1.82) is 0 Å². The average molecular weight is 509 g/mol. The summed E-state index contributed by atoms with van der Waals surface area (Å²) in [6.45, 7) is 0.644. The maximum absolute atomic E-state index is 12.7. The largest absolute Gasteiger partial charge is 0.494 e. The van der Waals surface area contributed by atoms with E-state index >= 15 is 0 Å². The van der Waals surface area contributed by atoms with Gasteiger partial charge in [-0.3, -0.25) is 14.9 Å². The fourth-order valence-electron chi connectivity index (χ4n) is 4.51. The second-order valence-corrected chi connectivity index (χ2v) is 8.88. The van der Waals surface area contributed by atoms with Crippen molar-refractivity contribution in [1.82, 2.24) is 20.4 Å². The highest BCUT2D eigenvalue weighted by atomic mass is 16.5. The monoisotopic (exact) mass is 508 g/mol. The van der Waals surface area contributed by atoms with Crippen molar-refractivity contribution in [3.05, 3.63) is 71.1 Å². The Morgan fingerprint density at radius 3 is 2.35 bits per heavy atom. The van der Waals surface area contributed by atoms with Gasteiger partial charge in [0.1, 0.15) is 19.7 Å². The Balaban J connectivity index is 1.29. The van der Waals surface area contributed by atoms with E-state index in [1.807, 2.05) is 48.5 Å². The molecule has 0 radical (unpaired) electrons. The third-order valence-electron chi connectivity index (χ3n) is 6.34. The first kappa shape index (κ1) is 25.5. The molecule has 0 spiro atoms. The van der Waals surface area contributed by atoms with Crippen molar-refractivity contribution in [3.63, 3.8) is 0 Å². The lowest BCUT2D eigenvalue weighted by atomic mass is 9.98. The summed E-state index contributed by atoms with van der Waals surface area (Å²) < 4.78 is 5.46. The van der Waals surface area contributed by atoms with Gasteiger partial charge in [-0.15, -0.1) is 0 Å². The van der Waals surface area contributed by atoms with Gasteiger partial charge in [0.05, 0.1) is 0 Å². The quantitative estimate of drug-likeness (QED) is 0.406. The van der Waals surface area contributed by atoms with Gasteiger partial charge in [-0.1, -0.05) is 48.5 Å². The van der Waals surface area contributed by atoms with E-state index < -0.39 is 30.5 Å². The highest BCUT2D eigenvalue weighted by Gasteiger charge is 2.29. The molecular weight excluding hydrogens is 480 g/mol. The lowest BCUT2D eigenvalue weighted by Gasteiger charge is -2.30. The van der Waals surface area contributed by atoms with E-state index in [1.165, 1.54) is 0 Å². The van der Waals surface area contributed by atoms with Crippen molar-refractivity contribution in [2.45, 2.75) is 12.8 Å². The van der Waals surface area contributed by atoms with Crippen molar-refractivity contribution < 1.29 is 34.1 Å². The van der Waals surface area contributed by atoms with Gasteiger partial charge in [-0.05, 0) is 29.2 Å². The van der Waals surface area contributed by atoms with Crippen LogP contribution in [0.25, 0.3) is 11.1 Å². The number of ether oxygens (including phenoxy) is 1. The molecule has 0 saturated heterocycles. The molecule has 37 heavy (non-hydrogen) atoms. The van der Waals surface area contributed by atoms with Crippen LogP contribution >= 0.6 is 0 Å². The number of carboxylic acids is 1. The molecule has 0 aromatic heterocycles. The van der Waals surface area contributed by atoms with Crippen LogP contribution in [0, 0.1) is 0 Å². The number of carbonyl (C=O) groups excluding carboxylic acids is 3. The van der Waals surface area contributed by atoms with E-state index in [0.29, 0.717) is 5.57 Å². The minimum Gasteiger partial charge on any atom is -0.494 e. The standard InChI is InChI=1S/C26H28N4O7/c1-16-12-30(25(35)28-24(16)34)13-22(31)29(14-23(32)33)11-10-27-26(36)37-15-21-19-8-4-2-6-17(19)18-7-3-5-9-20(18)21/h2-9,21,34H,10-15H2,1H3,(H,27,36)(H,28,35)(H,32,33). The van der Waals surface area contributed by atoms with Crippen molar-refractivity contribution >= 4 is 24.0 Å². The summed E-state index contributed by atoms with van der Waals surface area (Å²) in [6.07, 6.45) is -0.684. The minimum atomic E-state index is -1.23. The predicted octanol–water partition coefficient (Wildman–Crippen LogP) is 2.25. The van der Waals surface area contributed by atoms with Crippen LogP contribution < -0.4 is 10.6 Å². The minimum absolute atomic E-state index is 0.0301. The van der Waals surface area contributed by atoms with E-state index in [-0.39, 0.29) is 44.6 Å². The van der Waals surface area contributed by atoms with E-state index in [4.69, 9.17) is 4.74 Å². The van der Waals surface area contributed by atoms with Crippen LogP contribution in [0.4, 0.5) is 9.59 Å². The Hall–Kier alpha value is -4.54. The number of hydrogen-bond acceptors (Lipinski definition) is 6. The van der Waals surface area contributed by atoms with Gasteiger partial charge in [0.25, 0.3) is 0 Å². The fourth-order valence-corrected chi connectivity index (χ4v) is 4.51. The van der Waals surface area contributed by atoms with E-state index in [9.17, 15) is 29.4 Å². The van der Waals surface area contributed by atoms with Crippen LogP contribution in [0.2, 0.25) is 0 Å². The number of amides is 4. The summed E-state index contributed by atoms with van der Waals surface area (Å²) in [6, 6.07) is 15.3. The number of nitrogens with zero attached hydrogens (tertiary/aromatic N) is 2. The van der Waals surface area contributed by atoms with Gasteiger partial charge in [0.2, 0.25) is 5.91 Å². The maximum atomic E-state index is 12.7. The number of carboxylic acid groups (broad SMARTS) is 1.